The Labute approximate surface area is 158 Å². The van der Waals surface area contributed by atoms with E-state index >= 15 is 0 Å². The summed E-state index contributed by atoms with van der Waals surface area (Å²) in [5.74, 6) is -2.15. The van der Waals surface area contributed by atoms with E-state index in [1.165, 1.54) is 13.2 Å². The first-order valence-corrected chi connectivity index (χ1v) is 8.64. The zero-order valence-corrected chi connectivity index (χ0v) is 15.6. The molecule has 0 aliphatic rings. The van der Waals surface area contributed by atoms with Crippen LogP contribution in [0, 0.1) is 0 Å². The van der Waals surface area contributed by atoms with Crippen molar-refractivity contribution in [1.29, 1.82) is 0 Å². The SMILES string of the molecule is CCN(CC)c1ccc(NC(=O)C(=O)Nc2cccc(C(=O)OC)c2)cc1. The zero-order chi connectivity index (χ0) is 19.8. The third-order valence-corrected chi connectivity index (χ3v) is 4.00. The van der Waals surface area contributed by atoms with E-state index in [0.717, 1.165) is 18.8 Å². The standard InChI is InChI=1S/C20H23N3O4/c1-4-23(5-2)17-11-9-15(10-12-17)21-18(24)19(25)22-16-8-6-7-14(13-16)20(26)27-3/h6-13H,4-5H2,1-3H3,(H,21,24)(H,22,25). The Hall–Kier alpha value is -3.35. The van der Waals surface area contributed by atoms with E-state index in [-0.39, 0.29) is 5.56 Å². The summed E-state index contributed by atoms with van der Waals surface area (Å²) in [5.41, 5.74) is 2.18. The minimum Gasteiger partial charge on any atom is -0.465 e. The molecule has 2 amide bonds. The molecule has 27 heavy (non-hydrogen) atoms. The van der Waals surface area contributed by atoms with Gasteiger partial charge in [0.2, 0.25) is 0 Å². The molecule has 0 heterocycles. The Morgan fingerprint density at radius 3 is 2.04 bits per heavy atom. The van der Waals surface area contributed by atoms with Gasteiger partial charge in [0.1, 0.15) is 0 Å². The molecule has 2 rings (SSSR count). The quantitative estimate of drug-likeness (QED) is 0.604. The van der Waals surface area contributed by atoms with Crippen LogP contribution in [0.4, 0.5) is 17.1 Å². The fourth-order valence-corrected chi connectivity index (χ4v) is 2.56. The van der Waals surface area contributed by atoms with Gasteiger partial charge in [-0.15, -0.1) is 0 Å². The van der Waals surface area contributed by atoms with Crippen LogP contribution in [0.1, 0.15) is 24.2 Å². The largest absolute Gasteiger partial charge is 0.465 e. The van der Waals surface area contributed by atoms with Gasteiger partial charge >= 0.3 is 17.8 Å². The molecule has 2 aromatic rings. The molecule has 0 unspecified atom stereocenters. The third-order valence-electron chi connectivity index (χ3n) is 4.00. The molecule has 0 atom stereocenters. The summed E-state index contributed by atoms with van der Waals surface area (Å²) in [6.45, 7) is 5.90. The number of esters is 1. The van der Waals surface area contributed by atoms with Crippen LogP contribution in [0.15, 0.2) is 48.5 Å². The fourth-order valence-electron chi connectivity index (χ4n) is 2.56. The highest BCUT2D eigenvalue weighted by Crippen LogP contribution is 2.18. The van der Waals surface area contributed by atoms with Crippen molar-refractivity contribution in [2.45, 2.75) is 13.8 Å². The highest BCUT2D eigenvalue weighted by Gasteiger charge is 2.15. The van der Waals surface area contributed by atoms with Crippen LogP contribution in [0.3, 0.4) is 0 Å². The zero-order valence-electron chi connectivity index (χ0n) is 15.6. The summed E-state index contributed by atoms with van der Waals surface area (Å²) in [6, 6.07) is 13.4. The summed E-state index contributed by atoms with van der Waals surface area (Å²) >= 11 is 0. The van der Waals surface area contributed by atoms with Gasteiger partial charge in [-0.2, -0.15) is 0 Å². The van der Waals surface area contributed by atoms with Crippen molar-refractivity contribution in [2.24, 2.45) is 0 Å². The molecule has 0 radical (unpaired) electrons. The number of carbonyl (C=O) groups is 3. The lowest BCUT2D eigenvalue weighted by Crippen LogP contribution is -2.29. The molecular weight excluding hydrogens is 346 g/mol. The summed E-state index contributed by atoms with van der Waals surface area (Å²) in [7, 11) is 1.27. The average Bonchev–Trinajstić information content (AvgIpc) is 2.69. The van der Waals surface area contributed by atoms with Gasteiger partial charge in [0.25, 0.3) is 0 Å². The van der Waals surface area contributed by atoms with Gasteiger partial charge in [-0.05, 0) is 56.3 Å². The Balaban J connectivity index is 2.00. The van der Waals surface area contributed by atoms with E-state index in [9.17, 15) is 14.4 Å². The number of anilines is 3. The topological polar surface area (TPSA) is 87.7 Å². The van der Waals surface area contributed by atoms with Gasteiger partial charge in [-0.3, -0.25) is 9.59 Å². The fraction of sp³-hybridized carbons (Fsp3) is 0.250. The second-order valence-electron chi connectivity index (χ2n) is 5.70. The number of amides is 2. The van der Waals surface area contributed by atoms with E-state index in [2.05, 4.69) is 34.1 Å². The predicted molar refractivity (Wildman–Crippen MR) is 105 cm³/mol. The number of carbonyl (C=O) groups excluding carboxylic acids is 3. The lowest BCUT2D eigenvalue weighted by Gasteiger charge is -2.21. The maximum atomic E-state index is 12.1. The molecule has 7 heteroatoms. The van der Waals surface area contributed by atoms with Crippen molar-refractivity contribution in [3.63, 3.8) is 0 Å². The van der Waals surface area contributed by atoms with Crippen molar-refractivity contribution in [2.75, 3.05) is 35.7 Å². The number of methoxy groups -OCH3 is 1. The van der Waals surface area contributed by atoms with Crippen molar-refractivity contribution in [3.05, 3.63) is 54.1 Å². The molecule has 7 nitrogen and oxygen atoms in total. The van der Waals surface area contributed by atoms with E-state index in [1.54, 1.807) is 30.3 Å². The van der Waals surface area contributed by atoms with Crippen molar-refractivity contribution in [3.8, 4) is 0 Å². The maximum absolute atomic E-state index is 12.1. The number of ether oxygens (including phenoxy) is 1. The Morgan fingerprint density at radius 1 is 0.889 bits per heavy atom. The number of rotatable bonds is 6. The van der Waals surface area contributed by atoms with Crippen LogP contribution in [0.25, 0.3) is 0 Å². The Bertz CT molecular complexity index is 814. The number of hydrogen-bond donors (Lipinski definition) is 2. The van der Waals surface area contributed by atoms with Crippen molar-refractivity contribution in [1.82, 2.24) is 0 Å². The first-order valence-electron chi connectivity index (χ1n) is 8.64. The molecule has 0 bridgehead atoms. The highest BCUT2D eigenvalue weighted by atomic mass is 16.5. The van der Waals surface area contributed by atoms with Crippen LogP contribution in [0.5, 0.6) is 0 Å². The van der Waals surface area contributed by atoms with Crippen LogP contribution in [-0.4, -0.2) is 38.0 Å². The van der Waals surface area contributed by atoms with Crippen LogP contribution in [0.2, 0.25) is 0 Å². The number of nitrogens with one attached hydrogen (secondary N) is 2. The van der Waals surface area contributed by atoms with Crippen molar-refractivity contribution < 1.29 is 19.1 Å². The molecule has 0 saturated heterocycles. The molecule has 0 aromatic heterocycles. The monoisotopic (exact) mass is 369 g/mol. The minimum absolute atomic E-state index is 0.280. The van der Waals surface area contributed by atoms with Crippen LogP contribution in [-0.2, 0) is 14.3 Å². The van der Waals surface area contributed by atoms with E-state index in [4.69, 9.17) is 0 Å². The molecule has 0 spiro atoms. The molecule has 2 N–H and O–H groups in total. The molecule has 0 aliphatic heterocycles. The van der Waals surface area contributed by atoms with Gasteiger partial charge in [-0.25, -0.2) is 4.79 Å². The van der Waals surface area contributed by atoms with Gasteiger partial charge in [-0.1, -0.05) is 6.07 Å². The minimum atomic E-state index is -0.829. The molecule has 0 aliphatic carbocycles. The van der Waals surface area contributed by atoms with Gasteiger partial charge in [0, 0.05) is 30.2 Å². The van der Waals surface area contributed by atoms with E-state index < -0.39 is 17.8 Å². The second kappa shape index (κ2) is 9.38. The normalized spacial score (nSPS) is 10.0. The summed E-state index contributed by atoms with van der Waals surface area (Å²) in [4.78, 5) is 37.9. The second-order valence-corrected chi connectivity index (χ2v) is 5.70. The number of nitrogens with zero attached hydrogens (tertiary/aromatic N) is 1. The molecule has 0 fully saturated rings. The number of hydrogen-bond acceptors (Lipinski definition) is 5. The van der Waals surface area contributed by atoms with E-state index in [0.29, 0.717) is 11.4 Å². The summed E-state index contributed by atoms with van der Waals surface area (Å²) in [5, 5.41) is 5.01. The molecule has 142 valence electrons. The Morgan fingerprint density at radius 2 is 1.48 bits per heavy atom. The Kier molecular flexibility index (Phi) is 6.93. The maximum Gasteiger partial charge on any atom is 0.337 e. The molecular formula is C20H23N3O4. The van der Waals surface area contributed by atoms with Crippen LogP contribution >= 0.6 is 0 Å². The lowest BCUT2D eigenvalue weighted by atomic mass is 10.2. The summed E-state index contributed by atoms with van der Waals surface area (Å²) in [6.07, 6.45) is 0. The first kappa shape index (κ1) is 20.0. The average molecular weight is 369 g/mol. The number of benzene rings is 2. The van der Waals surface area contributed by atoms with Gasteiger partial charge in [0.05, 0.1) is 12.7 Å². The predicted octanol–water partition coefficient (Wildman–Crippen LogP) is 2.90. The third kappa shape index (κ3) is 5.31. The smallest absolute Gasteiger partial charge is 0.337 e. The highest BCUT2D eigenvalue weighted by molar-refractivity contribution is 6.43. The molecule has 2 aromatic carbocycles. The van der Waals surface area contributed by atoms with Gasteiger partial charge < -0.3 is 20.3 Å². The van der Waals surface area contributed by atoms with Crippen LogP contribution < -0.4 is 15.5 Å². The molecule has 0 saturated carbocycles. The lowest BCUT2D eigenvalue weighted by molar-refractivity contribution is -0.132. The van der Waals surface area contributed by atoms with E-state index in [1.807, 2.05) is 12.1 Å². The van der Waals surface area contributed by atoms with Gasteiger partial charge in [0.15, 0.2) is 0 Å². The van der Waals surface area contributed by atoms with Crippen molar-refractivity contribution >= 4 is 34.8 Å². The first-order chi connectivity index (χ1) is 13.0. The summed E-state index contributed by atoms with van der Waals surface area (Å²) < 4.78 is 4.63.